The first kappa shape index (κ1) is 15.3. The predicted octanol–water partition coefficient (Wildman–Crippen LogP) is 2.55. The molecule has 0 spiro atoms. The van der Waals surface area contributed by atoms with Crippen LogP contribution in [0.2, 0.25) is 10.2 Å². The third kappa shape index (κ3) is 3.96. The van der Waals surface area contributed by atoms with Crippen LogP contribution in [-0.2, 0) is 6.54 Å². The van der Waals surface area contributed by atoms with Crippen molar-refractivity contribution in [2.45, 2.75) is 13.5 Å². The molecule has 0 radical (unpaired) electrons. The van der Waals surface area contributed by atoms with Crippen molar-refractivity contribution in [2.24, 2.45) is 10.8 Å². The minimum atomic E-state index is -0.742. The van der Waals surface area contributed by atoms with Gasteiger partial charge in [-0.25, -0.2) is 14.9 Å². The zero-order valence-electron chi connectivity index (χ0n) is 11.2. The van der Waals surface area contributed by atoms with Crippen LogP contribution >= 0.6 is 23.2 Å². The van der Waals surface area contributed by atoms with Crippen molar-refractivity contribution in [1.29, 1.82) is 0 Å². The predicted molar refractivity (Wildman–Crippen MR) is 82.8 cm³/mol. The summed E-state index contributed by atoms with van der Waals surface area (Å²) in [5, 5.41) is 9.13. The number of primary amides is 1. The number of benzene rings is 1. The van der Waals surface area contributed by atoms with E-state index in [-0.39, 0.29) is 0 Å². The molecule has 0 aliphatic heterocycles. The molecule has 8 heteroatoms. The molecule has 6 nitrogen and oxygen atoms in total. The van der Waals surface area contributed by atoms with E-state index in [0.717, 1.165) is 5.56 Å². The van der Waals surface area contributed by atoms with Crippen molar-refractivity contribution in [3.63, 3.8) is 0 Å². The Balaban J connectivity index is 2.20. The van der Waals surface area contributed by atoms with Gasteiger partial charge in [0, 0.05) is 5.02 Å². The van der Waals surface area contributed by atoms with Crippen LogP contribution in [0.1, 0.15) is 16.8 Å². The number of aromatic nitrogens is 2. The summed E-state index contributed by atoms with van der Waals surface area (Å²) in [4.78, 5) is 10.6. The molecule has 21 heavy (non-hydrogen) atoms. The van der Waals surface area contributed by atoms with Crippen molar-refractivity contribution in [3.8, 4) is 0 Å². The van der Waals surface area contributed by atoms with Crippen LogP contribution in [-0.4, -0.2) is 22.0 Å². The van der Waals surface area contributed by atoms with E-state index < -0.39 is 6.03 Å². The quantitative estimate of drug-likeness (QED) is 0.668. The number of urea groups is 1. The number of nitrogens with two attached hydrogens (primary N) is 1. The van der Waals surface area contributed by atoms with Crippen LogP contribution in [0.3, 0.4) is 0 Å². The Hall–Kier alpha value is -2.05. The second-order valence-corrected chi connectivity index (χ2v) is 5.10. The fourth-order valence-electron chi connectivity index (χ4n) is 1.74. The number of carbonyl (C=O) groups is 1. The van der Waals surface area contributed by atoms with Crippen LogP contribution in [0.15, 0.2) is 29.4 Å². The molecule has 0 atom stereocenters. The Bertz CT molecular complexity index is 679. The van der Waals surface area contributed by atoms with E-state index in [2.05, 4.69) is 15.6 Å². The lowest BCUT2D eigenvalue weighted by molar-refractivity contribution is 0.249. The van der Waals surface area contributed by atoms with Gasteiger partial charge in [0.25, 0.3) is 0 Å². The summed E-state index contributed by atoms with van der Waals surface area (Å²) in [6, 6.07) is 6.67. The van der Waals surface area contributed by atoms with E-state index in [1.54, 1.807) is 23.7 Å². The highest BCUT2D eigenvalue weighted by Crippen LogP contribution is 2.19. The first-order valence-electron chi connectivity index (χ1n) is 6.03. The third-order valence-corrected chi connectivity index (χ3v) is 3.37. The van der Waals surface area contributed by atoms with Crippen LogP contribution in [0.25, 0.3) is 0 Å². The number of hydrazone groups is 1. The van der Waals surface area contributed by atoms with Crippen molar-refractivity contribution in [2.75, 3.05) is 0 Å². The number of rotatable bonds is 4. The smallest absolute Gasteiger partial charge is 0.332 e. The summed E-state index contributed by atoms with van der Waals surface area (Å²) < 4.78 is 1.64. The lowest BCUT2D eigenvalue weighted by atomic mass is 10.2. The molecule has 2 aromatic rings. The zero-order valence-corrected chi connectivity index (χ0v) is 12.7. The topological polar surface area (TPSA) is 85.3 Å². The highest BCUT2D eigenvalue weighted by atomic mass is 35.5. The lowest BCUT2D eigenvalue weighted by Crippen LogP contribution is -2.24. The maximum Gasteiger partial charge on any atom is 0.332 e. The zero-order chi connectivity index (χ0) is 15.4. The van der Waals surface area contributed by atoms with Crippen LogP contribution in [0, 0.1) is 6.92 Å². The molecule has 1 aromatic carbocycles. The molecular formula is C13H13Cl2N5O. The molecule has 0 fully saturated rings. The Morgan fingerprint density at radius 2 is 2.10 bits per heavy atom. The first-order chi connectivity index (χ1) is 9.97. The Morgan fingerprint density at radius 3 is 2.71 bits per heavy atom. The summed E-state index contributed by atoms with van der Waals surface area (Å²) in [5.74, 6) is 0. The van der Waals surface area contributed by atoms with E-state index in [1.807, 2.05) is 12.1 Å². The molecule has 3 N–H and O–H groups in total. The molecule has 0 unspecified atom stereocenters. The van der Waals surface area contributed by atoms with Gasteiger partial charge in [0.15, 0.2) is 0 Å². The molecule has 0 aliphatic rings. The summed E-state index contributed by atoms with van der Waals surface area (Å²) >= 11 is 12.1. The lowest BCUT2D eigenvalue weighted by Gasteiger charge is -2.03. The normalized spacial score (nSPS) is 11.0. The average molecular weight is 326 g/mol. The number of aryl methyl sites for hydroxylation is 1. The number of carbonyl (C=O) groups excluding carboxylic acids is 1. The van der Waals surface area contributed by atoms with Gasteiger partial charge in [-0.05, 0) is 24.6 Å². The largest absolute Gasteiger partial charge is 0.350 e. The SMILES string of the molecule is Cc1nn(Cc2ccc(Cl)cc2)c(Cl)c1/C=N/NC(N)=O. The van der Waals surface area contributed by atoms with Gasteiger partial charge < -0.3 is 5.73 Å². The van der Waals surface area contributed by atoms with Crippen LogP contribution in [0.4, 0.5) is 4.79 Å². The van der Waals surface area contributed by atoms with E-state index >= 15 is 0 Å². The highest BCUT2D eigenvalue weighted by Gasteiger charge is 2.12. The van der Waals surface area contributed by atoms with Gasteiger partial charge in [-0.1, -0.05) is 35.3 Å². The van der Waals surface area contributed by atoms with Crippen LogP contribution in [0.5, 0.6) is 0 Å². The average Bonchev–Trinajstić information content (AvgIpc) is 2.68. The molecule has 0 bridgehead atoms. The molecule has 0 saturated carbocycles. The monoisotopic (exact) mass is 325 g/mol. The molecule has 110 valence electrons. The molecule has 2 amide bonds. The van der Waals surface area contributed by atoms with Crippen molar-refractivity contribution < 1.29 is 4.79 Å². The number of amides is 2. The Morgan fingerprint density at radius 1 is 1.43 bits per heavy atom. The van der Waals surface area contributed by atoms with Gasteiger partial charge in [-0.2, -0.15) is 10.2 Å². The van der Waals surface area contributed by atoms with Crippen molar-refractivity contribution >= 4 is 35.4 Å². The molecule has 1 heterocycles. The highest BCUT2D eigenvalue weighted by molar-refractivity contribution is 6.32. The fourth-order valence-corrected chi connectivity index (χ4v) is 2.15. The van der Waals surface area contributed by atoms with E-state index in [9.17, 15) is 4.79 Å². The first-order valence-corrected chi connectivity index (χ1v) is 6.79. The fraction of sp³-hybridized carbons (Fsp3) is 0.154. The Kier molecular flexibility index (Phi) is 4.82. The van der Waals surface area contributed by atoms with Crippen molar-refractivity contribution in [1.82, 2.24) is 15.2 Å². The Labute approximate surface area is 131 Å². The van der Waals surface area contributed by atoms with E-state index in [1.165, 1.54) is 6.21 Å². The number of hydrogen-bond acceptors (Lipinski definition) is 3. The maximum absolute atomic E-state index is 10.6. The van der Waals surface area contributed by atoms with E-state index in [4.69, 9.17) is 28.9 Å². The number of nitrogens with zero attached hydrogens (tertiary/aromatic N) is 3. The van der Waals surface area contributed by atoms with E-state index in [0.29, 0.717) is 28.0 Å². The minimum Gasteiger partial charge on any atom is -0.350 e. The maximum atomic E-state index is 10.6. The molecular weight excluding hydrogens is 313 g/mol. The van der Waals surface area contributed by atoms with Gasteiger partial charge in [-0.15, -0.1) is 0 Å². The molecule has 1 aromatic heterocycles. The van der Waals surface area contributed by atoms with Gasteiger partial charge >= 0.3 is 6.03 Å². The minimum absolute atomic E-state index is 0.428. The molecule has 2 rings (SSSR count). The second-order valence-electron chi connectivity index (χ2n) is 4.31. The third-order valence-electron chi connectivity index (χ3n) is 2.72. The molecule has 0 saturated heterocycles. The van der Waals surface area contributed by atoms with Gasteiger partial charge in [-0.3, -0.25) is 0 Å². The summed E-state index contributed by atoms with van der Waals surface area (Å²) in [7, 11) is 0. The van der Waals surface area contributed by atoms with Crippen molar-refractivity contribution in [3.05, 3.63) is 51.3 Å². The summed E-state index contributed by atoms with van der Waals surface area (Å²) in [6.45, 7) is 2.31. The van der Waals surface area contributed by atoms with Crippen LogP contribution < -0.4 is 11.2 Å². The second kappa shape index (κ2) is 6.60. The number of nitrogens with one attached hydrogen (secondary N) is 1. The number of halogens is 2. The molecule has 0 aliphatic carbocycles. The standard InChI is InChI=1S/C13H13Cl2N5O/c1-8-11(6-17-18-13(16)21)12(15)20(19-8)7-9-2-4-10(14)5-3-9/h2-6H,7H2,1H3,(H3,16,18,21)/b17-6+. The summed E-state index contributed by atoms with van der Waals surface area (Å²) in [5.41, 5.74) is 9.37. The van der Waals surface area contributed by atoms with Gasteiger partial charge in [0.05, 0.1) is 24.0 Å². The van der Waals surface area contributed by atoms with Gasteiger partial charge in [0.1, 0.15) is 5.15 Å². The number of hydrogen-bond donors (Lipinski definition) is 2. The van der Waals surface area contributed by atoms with Gasteiger partial charge in [0.2, 0.25) is 0 Å². The summed E-state index contributed by atoms with van der Waals surface area (Å²) in [6.07, 6.45) is 1.41.